The standard InChI is InChI=1S/C23H28N2O2S/c1-21-8-15-9-22(2,12-21)14-23(10-15,13-21)19(26)25-20-24-18(11-28-20)16-4-6-17(27-3)7-5-16/h4-7,11,15H,8-10,12-14H2,1-3H3,(H,24,25,26). The third-order valence-electron chi connectivity index (χ3n) is 7.22. The van der Waals surface area contributed by atoms with E-state index in [-0.39, 0.29) is 11.3 Å². The number of aromatic nitrogens is 1. The molecule has 2 aromatic rings. The Labute approximate surface area is 170 Å². The Morgan fingerprint density at radius 3 is 2.39 bits per heavy atom. The first-order chi connectivity index (χ1) is 13.3. The van der Waals surface area contributed by atoms with Crippen LogP contribution in [0.15, 0.2) is 29.6 Å². The van der Waals surface area contributed by atoms with Crippen LogP contribution in [0, 0.1) is 22.2 Å². The number of carbonyl (C=O) groups excluding carboxylic acids is 1. The lowest BCUT2D eigenvalue weighted by molar-refractivity contribution is -0.165. The third-order valence-corrected chi connectivity index (χ3v) is 7.98. The third kappa shape index (κ3) is 2.95. The van der Waals surface area contributed by atoms with Crippen molar-refractivity contribution in [3.8, 4) is 17.0 Å². The monoisotopic (exact) mass is 396 g/mol. The minimum Gasteiger partial charge on any atom is -0.497 e. The van der Waals surface area contributed by atoms with Gasteiger partial charge in [-0.1, -0.05) is 13.8 Å². The Morgan fingerprint density at radius 2 is 1.79 bits per heavy atom. The summed E-state index contributed by atoms with van der Waals surface area (Å²) in [5.74, 6) is 1.74. The van der Waals surface area contributed by atoms with Gasteiger partial charge >= 0.3 is 0 Å². The topological polar surface area (TPSA) is 51.2 Å². The van der Waals surface area contributed by atoms with Gasteiger partial charge in [0, 0.05) is 10.9 Å². The maximum atomic E-state index is 13.4. The Kier molecular flexibility index (Phi) is 3.93. The molecule has 1 aromatic heterocycles. The molecular weight excluding hydrogens is 368 g/mol. The second kappa shape index (κ2) is 6.06. The highest BCUT2D eigenvalue weighted by Gasteiger charge is 2.62. The number of anilines is 1. The largest absolute Gasteiger partial charge is 0.497 e. The Bertz CT molecular complexity index is 901. The molecule has 1 amide bonds. The van der Waals surface area contributed by atoms with Crippen LogP contribution in [-0.2, 0) is 4.79 Å². The molecule has 0 radical (unpaired) electrons. The minimum absolute atomic E-state index is 0.199. The van der Waals surface area contributed by atoms with E-state index in [1.165, 1.54) is 30.6 Å². The fraction of sp³-hybridized carbons (Fsp3) is 0.565. The highest BCUT2D eigenvalue weighted by atomic mass is 32.1. The van der Waals surface area contributed by atoms with Gasteiger partial charge in [0.25, 0.3) is 0 Å². The van der Waals surface area contributed by atoms with Gasteiger partial charge in [0.15, 0.2) is 5.13 Å². The van der Waals surface area contributed by atoms with E-state index in [1.807, 2.05) is 29.6 Å². The summed E-state index contributed by atoms with van der Waals surface area (Å²) in [5, 5.41) is 5.91. The molecule has 4 fully saturated rings. The average Bonchev–Trinajstić information content (AvgIpc) is 3.07. The average molecular weight is 397 g/mol. The zero-order chi connectivity index (χ0) is 19.6. The van der Waals surface area contributed by atoms with Gasteiger partial charge in [-0.25, -0.2) is 4.98 Å². The number of carbonyl (C=O) groups is 1. The summed E-state index contributed by atoms with van der Waals surface area (Å²) < 4.78 is 5.22. The fourth-order valence-corrected chi connectivity index (χ4v) is 7.87. The van der Waals surface area contributed by atoms with E-state index < -0.39 is 0 Å². The number of hydrogen-bond donors (Lipinski definition) is 1. The smallest absolute Gasteiger partial charge is 0.232 e. The summed E-state index contributed by atoms with van der Waals surface area (Å²) in [6, 6.07) is 7.87. The van der Waals surface area contributed by atoms with E-state index in [0.29, 0.717) is 21.9 Å². The molecule has 148 valence electrons. The van der Waals surface area contributed by atoms with Crippen LogP contribution in [0.25, 0.3) is 11.3 Å². The SMILES string of the molecule is COc1ccc(-c2csc(NC(=O)C34CC5CC(C)(CC(C)(C5)C3)C4)n2)cc1. The van der Waals surface area contributed by atoms with Crippen LogP contribution in [0.2, 0.25) is 0 Å². The van der Waals surface area contributed by atoms with Crippen LogP contribution in [0.5, 0.6) is 5.75 Å². The lowest BCUT2D eigenvalue weighted by Gasteiger charge is -2.64. The normalized spacial score (nSPS) is 35.8. The van der Waals surface area contributed by atoms with E-state index in [4.69, 9.17) is 4.74 Å². The maximum Gasteiger partial charge on any atom is 0.232 e. The van der Waals surface area contributed by atoms with Crippen molar-refractivity contribution in [3.05, 3.63) is 29.6 Å². The van der Waals surface area contributed by atoms with E-state index in [1.54, 1.807) is 7.11 Å². The van der Waals surface area contributed by atoms with Crippen molar-refractivity contribution in [2.24, 2.45) is 22.2 Å². The first-order valence-corrected chi connectivity index (χ1v) is 11.1. The highest BCUT2D eigenvalue weighted by molar-refractivity contribution is 7.14. The number of amides is 1. The number of nitrogens with one attached hydrogen (secondary N) is 1. The van der Waals surface area contributed by atoms with Crippen LogP contribution in [0.3, 0.4) is 0 Å². The number of rotatable bonds is 4. The molecule has 2 unspecified atom stereocenters. The van der Waals surface area contributed by atoms with Crippen LogP contribution < -0.4 is 10.1 Å². The Morgan fingerprint density at radius 1 is 1.11 bits per heavy atom. The summed E-state index contributed by atoms with van der Waals surface area (Å²) in [6.45, 7) is 4.81. The van der Waals surface area contributed by atoms with Crippen molar-refractivity contribution in [1.82, 2.24) is 4.98 Å². The molecule has 4 bridgehead atoms. The molecule has 0 aliphatic heterocycles. The van der Waals surface area contributed by atoms with Crippen molar-refractivity contribution < 1.29 is 9.53 Å². The van der Waals surface area contributed by atoms with Crippen LogP contribution in [0.4, 0.5) is 5.13 Å². The Hall–Kier alpha value is -1.88. The van der Waals surface area contributed by atoms with E-state index in [2.05, 4.69) is 24.1 Å². The van der Waals surface area contributed by atoms with E-state index >= 15 is 0 Å². The second-order valence-corrected chi connectivity index (χ2v) is 11.0. The van der Waals surface area contributed by atoms with Crippen LogP contribution in [0.1, 0.15) is 52.4 Å². The van der Waals surface area contributed by atoms with Gasteiger partial charge in [-0.05, 0) is 79.5 Å². The van der Waals surface area contributed by atoms with Gasteiger partial charge in [-0.2, -0.15) is 0 Å². The molecular formula is C23H28N2O2S. The quantitative estimate of drug-likeness (QED) is 0.715. The predicted octanol–water partition coefficient (Wildman–Crippen LogP) is 5.75. The number of benzene rings is 1. The van der Waals surface area contributed by atoms with Crippen molar-refractivity contribution in [2.75, 3.05) is 12.4 Å². The van der Waals surface area contributed by atoms with Crippen molar-refractivity contribution in [3.63, 3.8) is 0 Å². The molecule has 4 aliphatic rings. The molecule has 6 rings (SSSR count). The molecule has 1 N–H and O–H groups in total. The van der Waals surface area contributed by atoms with Crippen LogP contribution >= 0.6 is 11.3 Å². The second-order valence-electron chi connectivity index (χ2n) is 10.1. The fourth-order valence-electron chi connectivity index (χ4n) is 7.16. The molecule has 0 saturated heterocycles. The molecule has 1 aromatic carbocycles. The van der Waals surface area contributed by atoms with Crippen molar-refractivity contribution in [1.29, 1.82) is 0 Å². The Balaban J connectivity index is 1.35. The molecule has 28 heavy (non-hydrogen) atoms. The van der Waals surface area contributed by atoms with Gasteiger partial charge in [-0.15, -0.1) is 11.3 Å². The molecule has 2 atom stereocenters. The summed E-state index contributed by atoms with van der Waals surface area (Å²) in [7, 11) is 1.66. The predicted molar refractivity (Wildman–Crippen MR) is 113 cm³/mol. The summed E-state index contributed by atoms with van der Waals surface area (Å²) in [4.78, 5) is 18.1. The molecule has 4 saturated carbocycles. The number of ether oxygens (including phenoxy) is 1. The molecule has 0 spiro atoms. The van der Waals surface area contributed by atoms with Gasteiger partial charge < -0.3 is 10.1 Å². The summed E-state index contributed by atoms with van der Waals surface area (Å²) in [5.41, 5.74) is 2.40. The zero-order valence-electron chi connectivity index (χ0n) is 16.9. The number of nitrogens with zero attached hydrogens (tertiary/aromatic N) is 1. The molecule has 1 heterocycles. The maximum absolute atomic E-state index is 13.4. The number of methoxy groups -OCH3 is 1. The zero-order valence-corrected chi connectivity index (χ0v) is 17.7. The van der Waals surface area contributed by atoms with Gasteiger partial charge in [0.2, 0.25) is 5.91 Å². The first kappa shape index (κ1) is 18.2. The number of thiazole rings is 1. The highest BCUT2D eigenvalue weighted by Crippen LogP contribution is 2.69. The number of hydrogen-bond acceptors (Lipinski definition) is 4. The van der Waals surface area contributed by atoms with Crippen LogP contribution in [-0.4, -0.2) is 18.0 Å². The van der Waals surface area contributed by atoms with Crippen molar-refractivity contribution in [2.45, 2.75) is 52.4 Å². The summed E-state index contributed by atoms with van der Waals surface area (Å²) in [6.07, 6.45) is 7.02. The molecule has 5 heteroatoms. The van der Waals surface area contributed by atoms with E-state index in [9.17, 15) is 4.79 Å². The lowest BCUT2D eigenvalue weighted by atomic mass is 9.40. The van der Waals surface area contributed by atoms with Gasteiger partial charge in [0.05, 0.1) is 18.2 Å². The molecule has 4 aliphatic carbocycles. The first-order valence-electron chi connectivity index (χ1n) is 10.2. The minimum atomic E-state index is -0.200. The summed E-state index contributed by atoms with van der Waals surface area (Å²) >= 11 is 1.51. The molecule has 4 nitrogen and oxygen atoms in total. The lowest BCUT2D eigenvalue weighted by Crippen LogP contribution is -2.58. The van der Waals surface area contributed by atoms with Gasteiger partial charge in [0.1, 0.15) is 5.75 Å². The van der Waals surface area contributed by atoms with Gasteiger partial charge in [-0.3, -0.25) is 4.79 Å². The van der Waals surface area contributed by atoms with Crippen molar-refractivity contribution >= 4 is 22.4 Å². The van der Waals surface area contributed by atoms with E-state index in [0.717, 1.165) is 36.3 Å².